The molecule has 0 fully saturated rings. The zero-order valence-corrected chi connectivity index (χ0v) is 16.0. The van der Waals surface area contributed by atoms with Gasteiger partial charge in [-0.2, -0.15) is 0 Å². The zero-order valence-electron chi connectivity index (χ0n) is 15.1. The van der Waals surface area contributed by atoms with Gasteiger partial charge in [0.25, 0.3) is 5.91 Å². The Balaban J connectivity index is 1.34. The molecule has 2 aliphatic rings. The molecule has 7 heteroatoms. The van der Waals surface area contributed by atoms with Crippen LogP contribution >= 0.6 is 11.8 Å². The minimum atomic E-state index is -0.296. The van der Waals surface area contributed by atoms with Crippen LogP contribution in [-0.2, 0) is 0 Å². The largest absolute Gasteiger partial charge is 0.493 e. The number of rotatable bonds is 4. The predicted octanol–water partition coefficient (Wildman–Crippen LogP) is 4.41. The highest BCUT2D eigenvalue weighted by Gasteiger charge is 2.27. The van der Waals surface area contributed by atoms with Crippen LogP contribution in [0.2, 0.25) is 0 Å². The molecule has 2 aliphatic heterocycles. The molecule has 0 saturated heterocycles. The van der Waals surface area contributed by atoms with Crippen LogP contribution < -0.4 is 10.1 Å². The standard InChI is InChI=1S/C21H17N3O3S/c1-26-17-4-2-3-14-11-18(27-19(14)17)20(25)23-15-7-5-13(6-8-15)16-12-28-21-22-9-10-24(16)21/h2-8,11-12H,9-10H2,1H3,(H,23,25). The molecule has 1 N–H and O–H groups in total. The lowest BCUT2D eigenvalue weighted by Crippen LogP contribution is -2.19. The summed E-state index contributed by atoms with van der Waals surface area (Å²) in [5, 5.41) is 6.89. The summed E-state index contributed by atoms with van der Waals surface area (Å²) in [6.45, 7) is 1.76. The molecule has 1 amide bonds. The first-order valence-electron chi connectivity index (χ1n) is 8.90. The van der Waals surface area contributed by atoms with Crippen molar-refractivity contribution in [3.63, 3.8) is 0 Å². The van der Waals surface area contributed by atoms with Crippen LogP contribution in [0.3, 0.4) is 0 Å². The number of aliphatic imine (C=N–C) groups is 1. The highest BCUT2D eigenvalue weighted by Crippen LogP contribution is 2.35. The fourth-order valence-electron chi connectivity index (χ4n) is 3.37. The molecule has 0 saturated carbocycles. The normalized spacial score (nSPS) is 15.4. The van der Waals surface area contributed by atoms with Gasteiger partial charge in [0.2, 0.25) is 0 Å². The third-order valence-corrected chi connectivity index (χ3v) is 5.66. The Bertz CT molecular complexity index is 1130. The van der Waals surface area contributed by atoms with Crippen molar-refractivity contribution in [2.45, 2.75) is 0 Å². The van der Waals surface area contributed by atoms with E-state index in [-0.39, 0.29) is 11.7 Å². The molecule has 5 rings (SSSR count). The van der Waals surface area contributed by atoms with Crippen molar-refractivity contribution in [3.05, 3.63) is 65.3 Å². The Labute approximate surface area is 165 Å². The lowest BCUT2D eigenvalue weighted by molar-refractivity contribution is 0.0998. The number of ether oxygens (including phenoxy) is 1. The predicted molar refractivity (Wildman–Crippen MR) is 112 cm³/mol. The van der Waals surface area contributed by atoms with Crippen molar-refractivity contribution < 1.29 is 13.9 Å². The fourth-order valence-corrected chi connectivity index (χ4v) is 4.34. The van der Waals surface area contributed by atoms with Crippen LogP contribution in [0.1, 0.15) is 16.1 Å². The van der Waals surface area contributed by atoms with Crippen molar-refractivity contribution in [2.75, 3.05) is 25.5 Å². The Morgan fingerprint density at radius 1 is 1.25 bits per heavy atom. The molecule has 0 radical (unpaired) electrons. The molecule has 28 heavy (non-hydrogen) atoms. The van der Waals surface area contributed by atoms with Crippen molar-refractivity contribution in [1.82, 2.24) is 4.90 Å². The first kappa shape index (κ1) is 16.9. The number of hydrogen-bond donors (Lipinski definition) is 1. The van der Waals surface area contributed by atoms with Crippen LogP contribution in [0, 0.1) is 0 Å². The Kier molecular flexibility index (Phi) is 4.09. The SMILES string of the molecule is COc1cccc2cc(C(=O)Nc3ccc(C4=CSC5=NCCN45)cc3)oc12. The number of para-hydroxylation sites is 1. The van der Waals surface area contributed by atoms with Crippen LogP contribution in [0.15, 0.2) is 63.3 Å². The molecule has 140 valence electrons. The van der Waals surface area contributed by atoms with Gasteiger partial charge in [-0.05, 0) is 29.8 Å². The summed E-state index contributed by atoms with van der Waals surface area (Å²) in [6, 6.07) is 15.1. The second-order valence-corrected chi connectivity index (χ2v) is 7.29. The number of anilines is 1. The maximum Gasteiger partial charge on any atom is 0.291 e. The summed E-state index contributed by atoms with van der Waals surface area (Å²) in [6.07, 6.45) is 0. The van der Waals surface area contributed by atoms with Crippen molar-refractivity contribution in [2.24, 2.45) is 4.99 Å². The number of hydrogen-bond acceptors (Lipinski definition) is 6. The average Bonchev–Trinajstić information content (AvgIpc) is 3.43. The smallest absolute Gasteiger partial charge is 0.291 e. The summed E-state index contributed by atoms with van der Waals surface area (Å²) in [7, 11) is 1.58. The summed E-state index contributed by atoms with van der Waals surface area (Å²) in [5.41, 5.74) is 3.54. The second kappa shape index (κ2) is 6.76. The number of carbonyl (C=O) groups is 1. The summed E-state index contributed by atoms with van der Waals surface area (Å²) in [5.74, 6) is 0.556. The highest BCUT2D eigenvalue weighted by molar-refractivity contribution is 8.16. The molecule has 3 heterocycles. The fraction of sp³-hybridized carbons (Fsp3) is 0.143. The molecule has 1 aromatic heterocycles. The Morgan fingerprint density at radius 2 is 2.11 bits per heavy atom. The summed E-state index contributed by atoms with van der Waals surface area (Å²) >= 11 is 1.65. The molecule has 0 spiro atoms. The van der Waals surface area contributed by atoms with E-state index in [0.717, 1.165) is 34.9 Å². The van der Waals surface area contributed by atoms with Gasteiger partial charge < -0.3 is 19.4 Å². The van der Waals surface area contributed by atoms with Crippen LogP contribution in [0.25, 0.3) is 16.7 Å². The highest BCUT2D eigenvalue weighted by atomic mass is 32.2. The van der Waals surface area contributed by atoms with E-state index in [1.807, 2.05) is 36.4 Å². The van der Waals surface area contributed by atoms with Gasteiger partial charge in [0.1, 0.15) is 0 Å². The van der Waals surface area contributed by atoms with E-state index in [1.165, 1.54) is 0 Å². The molecule has 0 bridgehead atoms. The maximum absolute atomic E-state index is 12.6. The molecular weight excluding hydrogens is 374 g/mol. The number of amidine groups is 1. The van der Waals surface area contributed by atoms with Crippen LogP contribution in [0.4, 0.5) is 5.69 Å². The topological polar surface area (TPSA) is 67.1 Å². The number of carbonyl (C=O) groups excluding carboxylic acids is 1. The van der Waals surface area contributed by atoms with Gasteiger partial charge in [0.05, 0.1) is 19.4 Å². The van der Waals surface area contributed by atoms with Crippen molar-refractivity contribution >= 4 is 45.2 Å². The molecule has 6 nitrogen and oxygen atoms in total. The minimum absolute atomic E-state index is 0.247. The Hall–Kier alpha value is -3.19. The molecule has 0 aliphatic carbocycles. The third kappa shape index (κ3) is 2.84. The third-order valence-electron chi connectivity index (χ3n) is 4.76. The quantitative estimate of drug-likeness (QED) is 0.714. The van der Waals surface area contributed by atoms with E-state index in [0.29, 0.717) is 17.0 Å². The monoisotopic (exact) mass is 391 g/mol. The van der Waals surface area contributed by atoms with Gasteiger partial charge in [0.15, 0.2) is 22.3 Å². The van der Waals surface area contributed by atoms with E-state index in [1.54, 1.807) is 31.0 Å². The van der Waals surface area contributed by atoms with Gasteiger partial charge in [0, 0.05) is 23.0 Å². The van der Waals surface area contributed by atoms with E-state index in [4.69, 9.17) is 9.15 Å². The van der Waals surface area contributed by atoms with Gasteiger partial charge in [-0.25, -0.2) is 0 Å². The lowest BCUT2D eigenvalue weighted by Gasteiger charge is -2.16. The number of thioether (sulfide) groups is 1. The number of fused-ring (bicyclic) bond motifs is 2. The number of nitrogens with one attached hydrogen (secondary N) is 1. The van der Waals surface area contributed by atoms with Gasteiger partial charge >= 0.3 is 0 Å². The number of amides is 1. The van der Waals surface area contributed by atoms with Gasteiger partial charge in [-0.3, -0.25) is 9.79 Å². The first-order chi connectivity index (χ1) is 13.7. The maximum atomic E-state index is 12.6. The van der Waals surface area contributed by atoms with Crippen molar-refractivity contribution in [1.29, 1.82) is 0 Å². The Morgan fingerprint density at radius 3 is 2.93 bits per heavy atom. The minimum Gasteiger partial charge on any atom is -0.493 e. The summed E-state index contributed by atoms with van der Waals surface area (Å²) < 4.78 is 11.0. The van der Waals surface area contributed by atoms with E-state index >= 15 is 0 Å². The number of furan rings is 1. The van der Waals surface area contributed by atoms with Crippen molar-refractivity contribution in [3.8, 4) is 5.75 Å². The summed E-state index contributed by atoms with van der Waals surface area (Å²) in [4.78, 5) is 19.3. The zero-order chi connectivity index (χ0) is 19.1. The lowest BCUT2D eigenvalue weighted by atomic mass is 10.1. The average molecular weight is 391 g/mol. The second-order valence-electron chi connectivity index (χ2n) is 6.46. The van der Waals surface area contributed by atoms with E-state index < -0.39 is 0 Å². The van der Waals surface area contributed by atoms with Gasteiger partial charge in [-0.15, -0.1) is 0 Å². The molecule has 2 aromatic carbocycles. The van der Waals surface area contributed by atoms with Crippen LogP contribution in [0.5, 0.6) is 5.75 Å². The molecular formula is C21H17N3O3S. The number of nitrogens with zero attached hydrogens (tertiary/aromatic N) is 2. The first-order valence-corrected chi connectivity index (χ1v) is 9.78. The van der Waals surface area contributed by atoms with E-state index in [2.05, 4.69) is 20.6 Å². The molecule has 0 unspecified atom stereocenters. The van der Waals surface area contributed by atoms with Crippen LogP contribution in [-0.4, -0.2) is 36.2 Å². The molecule has 0 atom stereocenters. The van der Waals surface area contributed by atoms with E-state index in [9.17, 15) is 4.79 Å². The number of methoxy groups -OCH3 is 1. The van der Waals surface area contributed by atoms with Gasteiger partial charge in [-0.1, -0.05) is 36.0 Å². The number of benzene rings is 2. The molecule has 3 aromatic rings.